The molecule has 1 fully saturated rings. The number of benzene rings is 2. The Hall–Kier alpha value is -1.96. The minimum atomic E-state index is -0.00667. The van der Waals surface area contributed by atoms with E-state index >= 15 is 0 Å². The molecule has 1 aliphatic rings. The summed E-state index contributed by atoms with van der Waals surface area (Å²) in [5.41, 5.74) is 6.10. The molecule has 2 aromatic carbocycles. The van der Waals surface area contributed by atoms with E-state index in [-0.39, 0.29) is 11.3 Å². The molecule has 27 heavy (non-hydrogen) atoms. The first kappa shape index (κ1) is 19.8. The smallest absolute Gasteiger partial charge is 0.122 e. The third-order valence-electron chi connectivity index (χ3n) is 6.51. The van der Waals surface area contributed by atoms with E-state index in [0.29, 0.717) is 11.5 Å². The van der Waals surface area contributed by atoms with Gasteiger partial charge in [0.25, 0.3) is 0 Å². The third-order valence-corrected chi connectivity index (χ3v) is 6.51. The number of hydrogen-bond donors (Lipinski definition) is 2. The summed E-state index contributed by atoms with van der Waals surface area (Å²) in [4.78, 5) is 0. The lowest BCUT2D eigenvalue weighted by Crippen LogP contribution is -2.27. The van der Waals surface area contributed by atoms with E-state index in [1.54, 1.807) is 0 Å². The standard InChI is InChI=1S/C25H34O2/c1-16-12-18(3)23(26)20(14-16)22(25(5)10-8-6-7-9-11-25)21-15-17(2)13-19(4)24(21)27/h12-15,22,26-27H,6-11H2,1-5H3. The molecule has 0 atom stereocenters. The molecule has 146 valence electrons. The molecule has 0 heterocycles. The molecule has 2 N–H and O–H groups in total. The summed E-state index contributed by atoms with van der Waals surface area (Å²) in [6.45, 7) is 10.5. The predicted octanol–water partition coefficient (Wildman–Crippen LogP) is 6.82. The number of hydrogen-bond acceptors (Lipinski definition) is 2. The van der Waals surface area contributed by atoms with Crippen LogP contribution < -0.4 is 0 Å². The molecule has 0 aliphatic heterocycles. The maximum atomic E-state index is 11.0. The van der Waals surface area contributed by atoms with Gasteiger partial charge in [0.1, 0.15) is 11.5 Å². The van der Waals surface area contributed by atoms with E-state index in [1.807, 2.05) is 26.0 Å². The van der Waals surface area contributed by atoms with E-state index in [0.717, 1.165) is 46.2 Å². The molecule has 0 unspecified atom stereocenters. The van der Waals surface area contributed by atoms with Crippen molar-refractivity contribution < 1.29 is 10.2 Å². The normalized spacial score (nSPS) is 17.1. The number of phenolic OH excluding ortho intramolecular Hbond substituents is 2. The molecule has 2 aromatic rings. The van der Waals surface area contributed by atoms with E-state index in [9.17, 15) is 10.2 Å². The van der Waals surface area contributed by atoms with Crippen LogP contribution in [-0.4, -0.2) is 10.2 Å². The second-order valence-electron chi connectivity index (χ2n) is 9.04. The predicted molar refractivity (Wildman–Crippen MR) is 113 cm³/mol. The molecule has 0 amide bonds. The molecule has 1 aliphatic carbocycles. The van der Waals surface area contributed by atoms with Gasteiger partial charge in [0.05, 0.1) is 0 Å². The molecule has 0 spiro atoms. The minimum absolute atomic E-state index is 0.00667. The van der Waals surface area contributed by atoms with E-state index in [1.165, 1.54) is 25.7 Å². The van der Waals surface area contributed by atoms with Gasteiger partial charge < -0.3 is 10.2 Å². The van der Waals surface area contributed by atoms with E-state index < -0.39 is 0 Å². The molecular weight excluding hydrogens is 332 g/mol. The quantitative estimate of drug-likeness (QED) is 0.585. The number of aromatic hydroxyl groups is 2. The van der Waals surface area contributed by atoms with Gasteiger partial charge in [-0.15, -0.1) is 0 Å². The van der Waals surface area contributed by atoms with Crippen LogP contribution in [0.25, 0.3) is 0 Å². The fourth-order valence-corrected chi connectivity index (χ4v) is 5.17. The summed E-state index contributed by atoms with van der Waals surface area (Å²) in [6.07, 6.45) is 7.22. The molecule has 1 saturated carbocycles. The summed E-state index contributed by atoms with van der Waals surface area (Å²) < 4.78 is 0. The van der Waals surface area contributed by atoms with Crippen LogP contribution in [0.2, 0.25) is 0 Å². The molecule has 2 nitrogen and oxygen atoms in total. The topological polar surface area (TPSA) is 40.5 Å². The van der Waals surface area contributed by atoms with Gasteiger partial charge in [0.2, 0.25) is 0 Å². The first-order chi connectivity index (χ1) is 12.7. The summed E-state index contributed by atoms with van der Waals surface area (Å²) in [5, 5.41) is 22.0. The van der Waals surface area contributed by atoms with Crippen LogP contribution in [0.15, 0.2) is 24.3 Å². The molecule has 0 saturated heterocycles. The Kier molecular flexibility index (Phi) is 5.55. The van der Waals surface area contributed by atoms with E-state index in [2.05, 4.69) is 32.9 Å². The first-order valence-electron chi connectivity index (χ1n) is 10.3. The average molecular weight is 367 g/mol. The van der Waals surface area contributed by atoms with Gasteiger partial charge in [0.15, 0.2) is 0 Å². The Labute approximate surface area is 164 Å². The SMILES string of the molecule is Cc1cc(C)c(O)c(C(c2cc(C)cc(C)c2O)C2(C)CCCCCC2)c1. The maximum Gasteiger partial charge on any atom is 0.122 e. The number of rotatable bonds is 3. The van der Waals surface area contributed by atoms with E-state index in [4.69, 9.17) is 0 Å². The molecule has 3 rings (SSSR count). The molecule has 0 radical (unpaired) electrons. The van der Waals surface area contributed by atoms with Crippen molar-refractivity contribution in [3.05, 3.63) is 57.6 Å². The Morgan fingerprint density at radius 1 is 0.704 bits per heavy atom. The summed E-state index contributed by atoms with van der Waals surface area (Å²) in [7, 11) is 0. The highest BCUT2D eigenvalue weighted by molar-refractivity contribution is 5.54. The highest BCUT2D eigenvalue weighted by atomic mass is 16.3. The van der Waals surface area contributed by atoms with Crippen molar-refractivity contribution >= 4 is 0 Å². The van der Waals surface area contributed by atoms with Gasteiger partial charge in [-0.25, -0.2) is 0 Å². The summed E-state index contributed by atoms with van der Waals surface area (Å²) in [6, 6.07) is 8.32. The second-order valence-corrected chi connectivity index (χ2v) is 9.04. The Balaban J connectivity index is 2.28. The maximum absolute atomic E-state index is 11.0. The van der Waals surface area contributed by atoms with Crippen molar-refractivity contribution in [1.82, 2.24) is 0 Å². The van der Waals surface area contributed by atoms with Crippen LogP contribution in [0.4, 0.5) is 0 Å². The highest BCUT2D eigenvalue weighted by Crippen LogP contribution is 2.54. The minimum Gasteiger partial charge on any atom is -0.507 e. The van der Waals surface area contributed by atoms with Crippen LogP contribution in [0.1, 0.15) is 84.7 Å². The van der Waals surface area contributed by atoms with Crippen LogP contribution in [0.5, 0.6) is 11.5 Å². The van der Waals surface area contributed by atoms with Crippen molar-refractivity contribution in [2.45, 2.75) is 79.1 Å². The van der Waals surface area contributed by atoms with Gasteiger partial charge in [-0.1, -0.05) is 68.0 Å². The summed E-state index contributed by atoms with van der Waals surface area (Å²) in [5.74, 6) is 0.761. The van der Waals surface area contributed by atoms with Crippen LogP contribution in [0, 0.1) is 33.1 Å². The number of phenols is 2. The van der Waals surface area contributed by atoms with Crippen molar-refractivity contribution in [2.24, 2.45) is 5.41 Å². The zero-order valence-corrected chi connectivity index (χ0v) is 17.5. The number of aryl methyl sites for hydroxylation is 4. The Morgan fingerprint density at radius 2 is 1.11 bits per heavy atom. The van der Waals surface area contributed by atoms with Crippen LogP contribution >= 0.6 is 0 Å². The zero-order chi connectivity index (χ0) is 19.8. The van der Waals surface area contributed by atoms with Gasteiger partial charge in [-0.3, -0.25) is 0 Å². The van der Waals surface area contributed by atoms with Gasteiger partial charge in [0, 0.05) is 17.0 Å². The van der Waals surface area contributed by atoms with Crippen LogP contribution in [0.3, 0.4) is 0 Å². The van der Waals surface area contributed by atoms with Crippen LogP contribution in [-0.2, 0) is 0 Å². The Morgan fingerprint density at radius 3 is 1.52 bits per heavy atom. The molecule has 0 bridgehead atoms. The molecule has 0 aromatic heterocycles. The average Bonchev–Trinajstić information content (AvgIpc) is 2.81. The van der Waals surface area contributed by atoms with Gasteiger partial charge >= 0.3 is 0 Å². The van der Waals surface area contributed by atoms with Gasteiger partial charge in [-0.05, 0) is 57.1 Å². The van der Waals surface area contributed by atoms with Crippen molar-refractivity contribution in [3.8, 4) is 11.5 Å². The molecule has 2 heteroatoms. The van der Waals surface area contributed by atoms with Gasteiger partial charge in [-0.2, -0.15) is 0 Å². The zero-order valence-electron chi connectivity index (χ0n) is 17.5. The molecular formula is C25H34O2. The van der Waals surface area contributed by atoms with Crippen molar-refractivity contribution in [2.75, 3.05) is 0 Å². The highest BCUT2D eigenvalue weighted by Gasteiger charge is 2.39. The lowest BCUT2D eigenvalue weighted by Gasteiger charge is -2.39. The monoisotopic (exact) mass is 366 g/mol. The largest absolute Gasteiger partial charge is 0.507 e. The fraction of sp³-hybridized carbons (Fsp3) is 0.520. The van der Waals surface area contributed by atoms with Crippen molar-refractivity contribution in [1.29, 1.82) is 0 Å². The Bertz CT molecular complexity index is 769. The first-order valence-corrected chi connectivity index (χ1v) is 10.3. The lowest BCUT2D eigenvalue weighted by molar-refractivity contribution is 0.232. The second kappa shape index (κ2) is 7.58. The fourth-order valence-electron chi connectivity index (χ4n) is 5.17. The van der Waals surface area contributed by atoms with Crippen molar-refractivity contribution in [3.63, 3.8) is 0 Å². The summed E-state index contributed by atoms with van der Waals surface area (Å²) >= 11 is 0. The third kappa shape index (κ3) is 3.85. The lowest BCUT2D eigenvalue weighted by atomic mass is 9.65.